The molecule has 1 aliphatic heterocycles. The van der Waals surface area contributed by atoms with Crippen molar-refractivity contribution in [1.29, 1.82) is 0 Å². The van der Waals surface area contributed by atoms with Gasteiger partial charge in [-0.15, -0.1) is 11.3 Å². The van der Waals surface area contributed by atoms with Crippen molar-refractivity contribution in [3.05, 3.63) is 11.1 Å². The number of nitrogens with one attached hydrogen (secondary N) is 1. The Balaban J connectivity index is 2.17. The van der Waals surface area contributed by atoms with Crippen LogP contribution in [-0.4, -0.2) is 74.0 Å². The van der Waals surface area contributed by atoms with Crippen molar-refractivity contribution in [3.8, 4) is 0 Å². The number of nitrogen functional groups attached to an aromatic ring is 1. The number of carbonyl (C=O) groups excluding carboxylic acids is 2. The number of amides is 2. The van der Waals surface area contributed by atoms with Gasteiger partial charge in [-0.05, 0) is 20.8 Å². The molecule has 13 nitrogen and oxygen atoms in total. The fourth-order valence-corrected chi connectivity index (χ4v) is 2.87. The minimum Gasteiger partial charge on any atom is -0.479 e. The molecule has 2 unspecified atom stereocenters. The highest BCUT2D eigenvalue weighted by Gasteiger charge is 2.56. The Hall–Kier alpha value is -3.26. The molecule has 5 N–H and O–H groups in total. The zero-order valence-corrected chi connectivity index (χ0v) is 16.4. The quantitative estimate of drug-likeness (QED) is 0.216. The molecular formula is C15H19N5O8S. The number of hydroxylamine groups is 2. The highest BCUT2D eigenvalue weighted by molar-refractivity contribution is 7.13. The summed E-state index contributed by atoms with van der Waals surface area (Å²) in [5, 5.41) is 26.0. The Morgan fingerprint density at radius 3 is 2.59 bits per heavy atom. The van der Waals surface area contributed by atoms with E-state index in [0.29, 0.717) is 0 Å². The first-order valence-corrected chi connectivity index (χ1v) is 9.00. The first-order chi connectivity index (χ1) is 13.4. The fraction of sp³-hybridized carbons (Fsp3) is 0.467. The van der Waals surface area contributed by atoms with Crippen molar-refractivity contribution in [2.45, 2.75) is 38.5 Å². The number of carboxylic acid groups (broad SMARTS) is 2. The van der Waals surface area contributed by atoms with E-state index >= 15 is 0 Å². The van der Waals surface area contributed by atoms with Crippen LogP contribution in [0.25, 0.3) is 0 Å². The van der Waals surface area contributed by atoms with Gasteiger partial charge in [-0.25, -0.2) is 19.6 Å². The number of nitrogens with zero attached hydrogens (tertiary/aromatic N) is 3. The van der Waals surface area contributed by atoms with E-state index in [-0.39, 0.29) is 16.5 Å². The molecule has 0 radical (unpaired) electrons. The smallest absolute Gasteiger partial charge is 0.347 e. The molecule has 0 aliphatic carbocycles. The van der Waals surface area contributed by atoms with Crippen LogP contribution in [0.5, 0.6) is 0 Å². The van der Waals surface area contributed by atoms with Gasteiger partial charge in [0.15, 0.2) is 17.5 Å². The number of aromatic nitrogens is 1. The molecule has 1 aromatic heterocycles. The minimum atomic E-state index is -1.34. The van der Waals surface area contributed by atoms with E-state index in [1.54, 1.807) is 13.8 Å². The monoisotopic (exact) mass is 429 g/mol. The third-order valence-corrected chi connectivity index (χ3v) is 4.57. The molecular weight excluding hydrogens is 410 g/mol. The molecule has 0 bridgehead atoms. The van der Waals surface area contributed by atoms with E-state index in [9.17, 15) is 19.2 Å². The van der Waals surface area contributed by atoms with Gasteiger partial charge in [-0.2, -0.15) is 0 Å². The van der Waals surface area contributed by atoms with Crippen LogP contribution < -0.4 is 11.1 Å². The van der Waals surface area contributed by atoms with Crippen LogP contribution in [-0.2, 0) is 28.9 Å². The number of β-lactam (4-membered cyclic amide) rings is 1. The van der Waals surface area contributed by atoms with Crippen molar-refractivity contribution in [2.24, 2.45) is 5.16 Å². The van der Waals surface area contributed by atoms with Gasteiger partial charge in [0, 0.05) is 5.38 Å². The molecule has 1 saturated heterocycles. The standard InChI is InChI=1S/C15H19N5O8S/c1-6(13(25)26)28-19-9(7-5-29-14(16)17-7)11(23)18-10-12(24)20(15(10,2)3)27-4-8(21)22/h5-6,10H,4H2,1-3H3,(H2,16,17)(H,18,23)(H,21,22)(H,25,26). The molecule has 158 valence electrons. The lowest BCUT2D eigenvalue weighted by molar-refractivity contribution is -0.257. The number of aliphatic carboxylic acids is 2. The van der Waals surface area contributed by atoms with Crippen LogP contribution in [0.3, 0.4) is 0 Å². The van der Waals surface area contributed by atoms with Gasteiger partial charge in [0.1, 0.15) is 11.7 Å². The van der Waals surface area contributed by atoms with Crippen molar-refractivity contribution in [2.75, 3.05) is 12.3 Å². The lowest BCUT2D eigenvalue weighted by Crippen LogP contribution is -2.76. The molecule has 2 heterocycles. The molecule has 14 heteroatoms. The molecule has 0 spiro atoms. The van der Waals surface area contributed by atoms with E-state index in [1.165, 1.54) is 12.3 Å². The molecule has 2 rings (SSSR count). The van der Waals surface area contributed by atoms with E-state index in [0.717, 1.165) is 16.4 Å². The summed E-state index contributed by atoms with van der Waals surface area (Å²) in [6.07, 6.45) is -1.34. The predicted octanol–water partition coefficient (Wildman–Crippen LogP) is -0.959. The molecule has 0 aromatic carbocycles. The van der Waals surface area contributed by atoms with Crippen LogP contribution in [0.1, 0.15) is 26.5 Å². The zero-order valence-electron chi connectivity index (χ0n) is 15.6. The molecule has 2 atom stereocenters. The van der Waals surface area contributed by atoms with Gasteiger partial charge in [0.25, 0.3) is 11.8 Å². The van der Waals surface area contributed by atoms with Gasteiger partial charge in [-0.1, -0.05) is 5.16 Å². The third-order valence-electron chi connectivity index (χ3n) is 3.90. The average molecular weight is 429 g/mol. The van der Waals surface area contributed by atoms with E-state index in [4.69, 9.17) is 25.6 Å². The number of oxime groups is 1. The number of anilines is 1. The number of thiazole rings is 1. The summed E-state index contributed by atoms with van der Waals surface area (Å²) in [5.41, 5.74) is 4.17. The summed E-state index contributed by atoms with van der Waals surface area (Å²) in [5.74, 6) is -4.09. The summed E-state index contributed by atoms with van der Waals surface area (Å²) in [4.78, 5) is 60.1. The summed E-state index contributed by atoms with van der Waals surface area (Å²) >= 11 is 1.02. The zero-order chi connectivity index (χ0) is 21.9. The summed E-state index contributed by atoms with van der Waals surface area (Å²) in [6.45, 7) is 3.61. The van der Waals surface area contributed by atoms with Gasteiger partial charge in [0.05, 0.1) is 5.54 Å². The van der Waals surface area contributed by atoms with Crippen LogP contribution in [0, 0.1) is 0 Å². The molecule has 1 fully saturated rings. The summed E-state index contributed by atoms with van der Waals surface area (Å²) in [7, 11) is 0. The molecule has 0 saturated carbocycles. The first kappa shape index (κ1) is 22.0. The lowest BCUT2D eigenvalue weighted by Gasteiger charge is -2.51. The fourth-order valence-electron chi connectivity index (χ4n) is 2.32. The van der Waals surface area contributed by atoms with Crippen molar-refractivity contribution in [1.82, 2.24) is 15.4 Å². The topological polar surface area (TPSA) is 194 Å². The second-order valence-electron chi connectivity index (χ2n) is 6.46. The predicted molar refractivity (Wildman–Crippen MR) is 97.7 cm³/mol. The maximum atomic E-state index is 12.7. The van der Waals surface area contributed by atoms with Crippen LogP contribution in [0.15, 0.2) is 10.5 Å². The Morgan fingerprint density at radius 2 is 2.10 bits per heavy atom. The normalized spacial score (nSPS) is 19.3. The summed E-state index contributed by atoms with van der Waals surface area (Å²) < 4.78 is 0. The van der Waals surface area contributed by atoms with E-state index < -0.39 is 48.0 Å². The Kier molecular flexibility index (Phi) is 6.38. The summed E-state index contributed by atoms with van der Waals surface area (Å²) in [6, 6.07) is -1.05. The Morgan fingerprint density at radius 1 is 1.45 bits per heavy atom. The second-order valence-corrected chi connectivity index (χ2v) is 7.35. The first-order valence-electron chi connectivity index (χ1n) is 8.12. The van der Waals surface area contributed by atoms with Gasteiger partial charge < -0.3 is 26.1 Å². The number of carbonyl (C=O) groups is 4. The third kappa shape index (κ3) is 4.78. The molecule has 1 aliphatic rings. The van der Waals surface area contributed by atoms with Gasteiger partial charge in [-0.3, -0.25) is 14.4 Å². The van der Waals surface area contributed by atoms with E-state index in [2.05, 4.69) is 15.5 Å². The minimum absolute atomic E-state index is 0.0335. The number of rotatable bonds is 9. The Labute approximate surface area is 168 Å². The van der Waals surface area contributed by atoms with Crippen molar-refractivity contribution in [3.63, 3.8) is 0 Å². The van der Waals surface area contributed by atoms with Crippen molar-refractivity contribution < 1.29 is 39.1 Å². The number of hydrogen-bond donors (Lipinski definition) is 4. The number of carboxylic acids is 2. The lowest BCUT2D eigenvalue weighted by atomic mass is 9.84. The molecule has 29 heavy (non-hydrogen) atoms. The highest BCUT2D eigenvalue weighted by Crippen LogP contribution is 2.32. The van der Waals surface area contributed by atoms with Crippen molar-refractivity contribution >= 4 is 45.9 Å². The van der Waals surface area contributed by atoms with Crippen LogP contribution >= 0.6 is 11.3 Å². The molecule has 2 amide bonds. The van der Waals surface area contributed by atoms with Crippen LogP contribution in [0.2, 0.25) is 0 Å². The van der Waals surface area contributed by atoms with Gasteiger partial charge >= 0.3 is 11.9 Å². The average Bonchev–Trinajstić information content (AvgIpc) is 3.05. The number of hydrogen-bond acceptors (Lipinski definition) is 10. The maximum absolute atomic E-state index is 12.7. The van der Waals surface area contributed by atoms with Gasteiger partial charge in [0.2, 0.25) is 6.10 Å². The molecule has 1 aromatic rings. The Bertz CT molecular complexity index is 867. The second kappa shape index (κ2) is 8.40. The highest BCUT2D eigenvalue weighted by atomic mass is 32.1. The SMILES string of the molecule is CC(ON=C(C(=O)NC1C(=O)N(OCC(=O)O)C1(C)C)c1csc(N)n1)C(=O)O. The largest absolute Gasteiger partial charge is 0.479 e. The maximum Gasteiger partial charge on any atom is 0.347 e. The number of nitrogens with two attached hydrogens (primary N) is 1. The van der Waals surface area contributed by atoms with Crippen LogP contribution in [0.4, 0.5) is 5.13 Å². The van der Waals surface area contributed by atoms with E-state index in [1.807, 2.05) is 0 Å².